The molecule has 0 amide bonds. The van der Waals surface area contributed by atoms with Gasteiger partial charge in [0.1, 0.15) is 11.2 Å². The molecule has 3 aromatic carbocycles. The highest BCUT2D eigenvalue weighted by molar-refractivity contribution is 6.07. The summed E-state index contributed by atoms with van der Waals surface area (Å²) in [5.74, 6) is 0. The first-order chi connectivity index (χ1) is 11.1. The van der Waals surface area contributed by atoms with Crippen molar-refractivity contribution < 1.29 is 4.42 Å². The Kier molecular flexibility index (Phi) is 2.28. The Morgan fingerprint density at radius 3 is 2.39 bits per heavy atom. The zero-order valence-corrected chi connectivity index (χ0v) is 13.6. The lowest BCUT2D eigenvalue weighted by molar-refractivity contribution is 0.657. The molecule has 1 nitrogen and oxygen atoms in total. The Morgan fingerprint density at radius 1 is 0.739 bits per heavy atom. The third-order valence-corrected chi connectivity index (χ3v) is 5.33. The molecule has 5 rings (SSSR count). The number of fused-ring (bicyclic) bond motifs is 6. The largest absolute Gasteiger partial charge is 0.456 e. The molecule has 1 heteroatoms. The van der Waals surface area contributed by atoms with Crippen LogP contribution in [0.5, 0.6) is 0 Å². The average molecular weight is 298 g/mol. The molecule has 1 aromatic heterocycles. The summed E-state index contributed by atoms with van der Waals surface area (Å²) in [7, 11) is 0. The van der Waals surface area contributed by atoms with Gasteiger partial charge in [0, 0.05) is 16.2 Å². The molecule has 0 N–H and O–H groups in total. The van der Waals surface area contributed by atoms with Gasteiger partial charge in [-0.05, 0) is 47.4 Å². The second-order valence-electron chi connectivity index (χ2n) is 7.17. The van der Waals surface area contributed by atoms with Gasteiger partial charge in [-0.3, -0.25) is 0 Å². The van der Waals surface area contributed by atoms with Gasteiger partial charge in [0.25, 0.3) is 0 Å². The van der Waals surface area contributed by atoms with Crippen LogP contribution in [-0.2, 0) is 5.41 Å². The van der Waals surface area contributed by atoms with E-state index in [1.54, 1.807) is 0 Å². The standard InChI is InChI=1S/C22H18O/c1-13-8-9-14-16-12-21-17(15-6-4-5-7-20(15)23-21)11-19(16)22(2,3)18(14)10-13/h4-12H,1-3H3. The van der Waals surface area contributed by atoms with Gasteiger partial charge in [0.15, 0.2) is 0 Å². The zero-order chi connectivity index (χ0) is 15.8. The second-order valence-corrected chi connectivity index (χ2v) is 7.17. The zero-order valence-electron chi connectivity index (χ0n) is 13.6. The molecule has 0 bridgehead atoms. The molecule has 4 aromatic rings. The maximum atomic E-state index is 6.08. The number of hydrogen-bond acceptors (Lipinski definition) is 1. The molecule has 112 valence electrons. The van der Waals surface area contributed by atoms with Gasteiger partial charge in [-0.15, -0.1) is 0 Å². The van der Waals surface area contributed by atoms with E-state index >= 15 is 0 Å². The Bertz CT molecular complexity index is 1100. The summed E-state index contributed by atoms with van der Waals surface area (Å²) >= 11 is 0. The summed E-state index contributed by atoms with van der Waals surface area (Å²) in [4.78, 5) is 0. The summed E-state index contributed by atoms with van der Waals surface area (Å²) in [6.07, 6.45) is 0. The van der Waals surface area contributed by atoms with Gasteiger partial charge in [-0.1, -0.05) is 55.8 Å². The highest BCUT2D eigenvalue weighted by Gasteiger charge is 2.36. The quantitative estimate of drug-likeness (QED) is 0.376. The Hall–Kier alpha value is -2.54. The number of furan rings is 1. The van der Waals surface area contributed by atoms with Crippen molar-refractivity contribution in [3.8, 4) is 11.1 Å². The third-order valence-electron chi connectivity index (χ3n) is 5.33. The van der Waals surface area contributed by atoms with Gasteiger partial charge in [-0.2, -0.15) is 0 Å². The first-order valence-corrected chi connectivity index (χ1v) is 8.13. The van der Waals surface area contributed by atoms with Crippen LogP contribution >= 0.6 is 0 Å². The molecule has 1 heterocycles. The summed E-state index contributed by atoms with van der Waals surface area (Å²) < 4.78 is 6.08. The third kappa shape index (κ3) is 1.57. The molecule has 1 aliphatic carbocycles. The van der Waals surface area contributed by atoms with Gasteiger partial charge in [-0.25, -0.2) is 0 Å². The minimum absolute atomic E-state index is 0.0310. The molecule has 1 aliphatic rings. The highest BCUT2D eigenvalue weighted by Crippen LogP contribution is 2.50. The summed E-state index contributed by atoms with van der Waals surface area (Å²) in [5, 5.41) is 2.42. The molecule has 0 radical (unpaired) electrons. The van der Waals surface area contributed by atoms with Crippen molar-refractivity contribution in [2.24, 2.45) is 0 Å². The SMILES string of the molecule is Cc1ccc2c(c1)C(C)(C)c1cc3c(cc1-2)oc1ccccc13. The van der Waals surface area contributed by atoms with Gasteiger partial charge in [0.2, 0.25) is 0 Å². The van der Waals surface area contributed by atoms with Crippen molar-refractivity contribution >= 4 is 21.9 Å². The number of para-hydroxylation sites is 1. The van der Waals surface area contributed by atoms with Crippen LogP contribution in [0.1, 0.15) is 30.5 Å². The second kappa shape index (κ2) is 4.05. The van der Waals surface area contributed by atoms with Crippen LogP contribution in [0.3, 0.4) is 0 Å². The van der Waals surface area contributed by atoms with Crippen LogP contribution < -0.4 is 0 Å². The van der Waals surface area contributed by atoms with Crippen molar-refractivity contribution in [3.05, 3.63) is 71.3 Å². The fourth-order valence-corrected chi connectivity index (χ4v) is 4.07. The molecule has 0 aliphatic heterocycles. The van der Waals surface area contributed by atoms with Gasteiger partial charge >= 0.3 is 0 Å². The summed E-state index contributed by atoms with van der Waals surface area (Å²) in [6.45, 7) is 6.81. The Morgan fingerprint density at radius 2 is 1.52 bits per heavy atom. The summed E-state index contributed by atoms with van der Waals surface area (Å²) in [5.41, 5.74) is 8.78. The Labute approximate surface area is 135 Å². The summed E-state index contributed by atoms with van der Waals surface area (Å²) in [6, 6.07) is 19.7. The van der Waals surface area contributed by atoms with Crippen molar-refractivity contribution in [2.75, 3.05) is 0 Å². The number of aryl methyl sites for hydroxylation is 1. The van der Waals surface area contributed by atoms with Crippen LogP contribution in [0.2, 0.25) is 0 Å². The van der Waals surface area contributed by atoms with Crippen LogP contribution in [0, 0.1) is 6.92 Å². The molecule has 0 saturated carbocycles. The van der Waals surface area contributed by atoms with Crippen LogP contribution in [0.25, 0.3) is 33.1 Å². The van der Waals surface area contributed by atoms with E-state index in [4.69, 9.17) is 4.42 Å². The number of hydrogen-bond donors (Lipinski definition) is 0. The van der Waals surface area contributed by atoms with E-state index in [1.807, 2.05) is 12.1 Å². The lowest BCUT2D eigenvalue weighted by Gasteiger charge is -2.21. The predicted molar refractivity (Wildman–Crippen MR) is 96.0 cm³/mol. The molecule has 0 atom stereocenters. The predicted octanol–water partition coefficient (Wildman–Crippen LogP) is 6.20. The molecule has 0 saturated heterocycles. The number of rotatable bonds is 0. The van der Waals surface area contributed by atoms with Gasteiger partial charge in [0.05, 0.1) is 0 Å². The first kappa shape index (κ1) is 13.0. The fraction of sp³-hybridized carbons (Fsp3) is 0.182. The van der Waals surface area contributed by atoms with Gasteiger partial charge < -0.3 is 4.42 Å². The molecule has 0 fully saturated rings. The minimum atomic E-state index is 0.0310. The minimum Gasteiger partial charge on any atom is -0.456 e. The number of benzene rings is 3. The lowest BCUT2D eigenvalue weighted by Crippen LogP contribution is -2.15. The first-order valence-electron chi connectivity index (χ1n) is 8.13. The van der Waals surface area contributed by atoms with E-state index in [2.05, 4.69) is 63.2 Å². The maximum Gasteiger partial charge on any atom is 0.136 e. The molecular weight excluding hydrogens is 280 g/mol. The van der Waals surface area contributed by atoms with Crippen LogP contribution in [0.4, 0.5) is 0 Å². The van der Waals surface area contributed by atoms with E-state index in [0.717, 1.165) is 11.2 Å². The van der Waals surface area contributed by atoms with Crippen LogP contribution in [-0.4, -0.2) is 0 Å². The van der Waals surface area contributed by atoms with Crippen LogP contribution in [0.15, 0.2) is 59.0 Å². The van der Waals surface area contributed by atoms with Crippen molar-refractivity contribution in [2.45, 2.75) is 26.2 Å². The molecule has 0 spiro atoms. The normalized spacial score (nSPS) is 15.1. The highest BCUT2D eigenvalue weighted by atomic mass is 16.3. The van der Waals surface area contributed by atoms with E-state index < -0.39 is 0 Å². The van der Waals surface area contributed by atoms with Crippen molar-refractivity contribution in [1.82, 2.24) is 0 Å². The van der Waals surface area contributed by atoms with Crippen molar-refractivity contribution in [1.29, 1.82) is 0 Å². The van der Waals surface area contributed by atoms with E-state index in [0.29, 0.717) is 0 Å². The topological polar surface area (TPSA) is 13.1 Å². The monoisotopic (exact) mass is 298 g/mol. The lowest BCUT2D eigenvalue weighted by atomic mass is 9.81. The van der Waals surface area contributed by atoms with E-state index in [1.165, 1.54) is 38.6 Å². The smallest absolute Gasteiger partial charge is 0.136 e. The molecule has 0 unspecified atom stereocenters. The van der Waals surface area contributed by atoms with Crippen molar-refractivity contribution in [3.63, 3.8) is 0 Å². The molecular formula is C22H18O. The maximum absolute atomic E-state index is 6.08. The van der Waals surface area contributed by atoms with E-state index in [9.17, 15) is 0 Å². The Balaban J connectivity index is 1.92. The fourth-order valence-electron chi connectivity index (χ4n) is 4.07. The average Bonchev–Trinajstić information content (AvgIpc) is 3.00. The molecule has 23 heavy (non-hydrogen) atoms. The van der Waals surface area contributed by atoms with E-state index in [-0.39, 0.29) is 5.41 Å².